The number of ketones is 1. The minimum absolute atomic E-state index is 0.0702. The molecule has 2 aromatic rings. The Balaban J connectivity index is 1.72. The van der Waals surface area contributed by atoms with E-state index in [0.29, 0.717) is 22.9 Å². The fourth-order valence-electron chi connectivity index (χ4n) is 2.08. The number of ether oxygens (including phenoxy) is 2. The first-order valence-electron chi connectivity index (χ1n) is 6.34. The maximum atomic E-state index is 12.2. The SMILES string of the molecule is Nc1ncccc1CC(=O)C1COc2ccccc2O1. The topological polar surface area (TPSA) is 74.4 Å². The number of rotatable bonds is 3. The van der Waals surface area contributed by atoms with Gasteiger partial charge in [-0.1, -0.05) is 18.2 Å². The number of hydrogen-bond donors (Lipinski definition) is 1. The molecule has 0 amide bonds. The lowest BCUT2D eigenvalue weighted by Crippen LogP contribution is -2.37. The molecule has 0 spiro atoms. The van der Waals surface area contributed by atoms with Gasteiger partial charge in [-0.05, 0) is 18.2 Å². The van der Waals surface area contributed by atoms with E-state index >= 15 is 0 Å². The van der Waals surface area contributed by atoms with Crippen molar-refractivity contribution in [1.29, 1.82) is 0 Å². The molecule has 2 N–H and O–H groups in total. The Morgan fingerprint density at radius 2 is 2.05 bits per heavy atom. The predicted molar refractivity (Wildman–Crippen MR) is 73.7 cm³/mol. The average Bonchev–Trinajstić information content (AvgIpc) is 2.49. The van der Waals surface area contributed by atoms with Crippen molar-refractivity contribution in [3.63, 3.8) is 0 Å². The molecule has 102 valence electrons. The molecule has 0 aliphatic carbocycles. The summed E-state index contributed by atoms with van der Waals surface area (Å²) in [7, 11) is 0. The molecule has 5 nitrogen and oxygen atoms in total. The average molecular weight is 270 g/mol. The van der Waals surface area contributed by atoms with Crippen LogP contribution in [0, 0.1) is 0 Å². The lowest BCUT2D eigenvalue weighted by Gasteiger charge is -2.25. The second-order valence-electron chi connectivity index (χ2n) is 4.56. The second kappa shape index (κ2) is 5.21. The van der Waals surface area contributed by atoms with Gasteiger partial charge < -0.3 is 15.2 Å². The molecule has 3 rings (SSSR count). The first-order chi connectivity index (χ1) is 9.74. The number of anilines is 1. The van der Waals surface area contributed by atoms with Gasteiger partial charge in [0.1, 0.15) is 12.4 Å². The van der Waals surface area contributed by atoms with Crippen molar-refractivity contribution in [1.82, 2.24) is 4.98 Å². The number of carbonyl (C=O) groups excluding carboxylic acids is 1. The fourth-order valence-corrected chi connectivity index (χ4v) is 2.08. The van der Waals surface area contributed by atoms with E-state index in [1.807, 2.05) is 18.2 Å². The monoisotopic (exact) mass is 270 g/mol. The number of fused-ring (bicyclic) bond motifs is 1. The Bertz CT molecular complexity index is 643. The highest BCUT2D eigenvalue weighted by molar-refractivity contribution is 5.86. The Morgan fingerprint density at radius 3 is 2.85 bits per heavy atom. The van der Waals surface area contributed by atoms with E-state index in [4.69, 9.17) is 15.2 Å². The van der Waals surface area contributed by atoms with Gasteiger partial charge in [0.2, 0.25) is 0 Å². The number of carbonyl (C=O) groups is 1. The lowest BCUT2D eigenvalue weighted by molar-refractivity contribution is -0.127. The highest BCUT2D eigenvalue weighted by Gasteiger charge is 2.27. The molecule has 0 saturated heterocycles. The Labute approximate surface area is 116 Å². The van der Waals surface area contributed by atoms with E-state index in [2.05, 4.69) is 4.98 Å². The molecule has 1 atom stereocenters. The molecule has 0 fully saturated rings. The molecule has 1 aromatic carbocycles. The van der Waals surface area contributed by atoms with Crippen LogP contribution in [0.1, 0.15) is 5.56 Å². The van der Waals surface area contributed by atoms with Crippen LogP contribution in [-0.4, -0.2) is 23.5 Å². The Kier molecular flexibility index (Phi) is 3.25. The van der Waals surface area contributed by atoms with Gasteiger partial charge in [0, 0.05) is 18.2 Å². The third kappa shape index (κ3) is 2.42. The zero-order chi connectivity index (χ0) is 13.9. The summed E-state index contributed by atoms with van der Waals surface area (Å²) in [4.78, 5) is 16.2. The molecule has 0 bridgehead atoms. The smallest absolute Gasteiger partial charge is 0.191 e. The molecular weight excluding hydrogens is 256 g/mol. The van der Waals surface area contributed by atoms with Crippen LogP contribution in [0.3, 0.4) is 0 Å². The quantitative estimate of drug-likeness (QED) is 0.917. The van der Waals surface area contributed by atoms with Crippen molar-refractivity contribution < 1.29 is 14.3 Å². The molecule has 20 heavy (non-hydrogen) atoms. The molecule has 1 aliphatic rings. The summed E-state index contributed by atoms with van der Waals surface area (Å²) >= 11 is 0. The lowest BCUT2D eigenvalue weighted by atomic mass is 10.1. The van der Waals surface area contributed by atoms with Crippen LogP contribution in [0.25, 0.3) is 0 Å². The molecule has 1 aliphatic heterocycles. The van der Waals surface area contributed by atoms with E-state index in [9.17, 15) is 4.79 Å². The third-order valence-electron chi connectivity index (χ3n) is 3.16. The van der Waals surface area contributed by atoms with E-state index < -0.39 is 6.10 Å². The molecule has 0 radical (unpaired) electrons. The van der Waals surface area contributed by atoms with Gasteiger partial charge in [0.15, 0.2) is 23.4 Å². The maximum Gasteiger partial charge on any atom is 0.191 e. The van der Waals surface area contributed by atoms with Crippen LogP contribution in [0.15, 0.2) is 42.6 Å². The van der Waals surface area contributed by atoms with Crippen LogP contribution in [0.2, 0.25) is 0 Å². The van der Waals surface area contributed by atoms with E-state index in [0.717, 1.165) is 0 Å². The largest absolute Gasteiger partial charge is 0.485 e. The molecule has 2 heterocycles. The number of pyridine rings is 1. The molecule has 0 saturated carbocycles. The van der Waals surface area contributed by atoms with Crippen molar-refractivity contribution in [3.8, 4) is 11.5 Å². The van der Waals surface area contributed by atoms with Crippen molar-refractivity contribution in [2.24, 2.45) is 0 Å². The van der Waals surface area contributed by atoms with Gasteiger partial charge in [-0.25, -0.2) is 4.98 Å². The minimum Gasteiger partial charge on any atom is -0.485 e. The highest BCUT2D eigenvalue weighted by atomic mass is 16.6. The molecule has 1 unspecified atom stereocenters. The summed E-state index contributed by atoms with van der Waals surface area (Å²) in [5.41, 5.74) is 6.45. The van der Waals surface area contributed by atoms with Crippen molar-refractivity contribution in [2.45, 2.75) is 12.5 Å². The van der Waals surface area contributed by atoms with E-state index in [-0.39, 0.29) is 18.8 Å². The normalized spacial score (nSPS) is 16.7. The van der Waals surface area contributed by atoms with Crippen LogP contribution >= 0.6 is 0 Å². The number of aromatic nitrogens is 1. The number of nitrogens with zero attached hydrogens (tertiary/aromatic N) is 1. The van der Waals surface area contributed by atoms with E-state index in [1.165, 1.54) is 0 Å². The zero-order valence-corrected chi connectivity index (χ0v) is 10.8. The Morgan fingerprint density at radius 1 is 1.25 bits per heavy atom. The minimum atomic E-state index is -0.607. The predicted octanol–water partition coefficient (Wildman–Crippen LogP) is 1.62. The first kappa shape index (κ1) is 12.5. The third-order valence-corrected chi connectivity index (χ3v) is 3.16. The van der Waals surface area contributed by atoms with Gasteiger partial charge in [-0.15, -0.1) is 0 Å². The number of nitrogen functional groups attached to an aromatic ring is 1. The number of para-hydroxylation sites is 2. The molecular formula is C15H14N2O3. The van der Waals surface area contributed by atoms with Crippen LogP contribution in [0.5, 0.6) is 11.5 Å². The first-order valence-corrected chi connectivity index (χ1v) is 6.34. The Hall–Kier alpha value is -2.56. The second-order valence-corrected chi connectivity index (χ2v) is 4.56. The molecule has 5 heteroatoms. The van der Waals surface area contributed by atoms with Crippen molar-refractivity contribution >= 4 is 11.6 Å². The van der Waals surface area contributed by atoms with Gasteiger partial charge in [-0.3, -0.25) is 4.79 Å². The van der Waals surface area contributed by atoms with Crippen molar-refractivity contribution in [3.05, 3.63) is 48.2 Å². The number of nitrogens with two attached hydrogens (primary N) is 1. The maximum absolute atomic E-state index is 12.2. The van der Waals surface area contributed by atoms with Gasteiger partial charge >= 0.3 is 0 Å². The summed E-state index contributed by atoms with van der Waals surface area (Å²) in [5, 5.41) is 0. The van der Waals surface area contributed by atoms with E-state index in [1.54, 1.807) is 24.4 Å². The number of hydrogen-bond acceptors (Lipinski definition) is 5. The highest BCUT2D eigenvalue weighted by Crippen LogP contribution is 2.31. The fraction of sp³-hybridized carbons (Fsp3) is 0.200. The summed E-state index contributed by atoms with van der Waals surface area (Å²) in [5.74, 6) is 1.56. The molecule has 1 aromatic heterocycles. The summed E-state index contributed by atoms with van der Waals surface area (Å²) in [6.07, 6.45) is 1.18. The summed E-state index contributed by atoms with van der Waals surface area (Å²) < 4.78 is 11.2. The van der Waals surface area contributed by atoms with Gasteiger partial charge in [0.25, 0.3) is 0 Å². The van der Waals surface area contributed by atoms with Gasteiger partial charge in [0.05, 0.1) is 0 Å². The van der Waals surface area contributed by atoms with Crippen LogP contribution in [-0.2, 0) is 11.2 Å². The standard InChI is InChI=1S/C15H14N2O3/c16-15-10(4-3-7-17-15)8-11(18)14-9-19-12-5-1-2-6-13(12)20-14/h1-7,14H,8-9H2,(H2,16,17). The number of Topliss-reactive ketones (excluding diaryl/α,β-unsaturated/α-hetero) is 1. The van der Waals surface area contributed by atoms with Crippen LogP contribution < -0.4 is 15.2 Å². The van der Waals surface area contributed by atoms with Crippen molar-refractivity contribution in [2.75, 3.05) is 12.3 Å². The number of benzene rings is 1. The van der Waals surface area contributed by atoms with Crippen LogP contribution in [0.4, 0.5) is 5.82 Å². The summed E-state index contributed by atoms with van der Waals surface area (Å²) in [6, 6.07) is 10.8. The summed E-state index contributed by atoms with van der Waals surface area (Å²) in [6.45, 7) is 0.218. The zero-order valence-electron chi connectivity index (χ0n) is 10.8. The van der Waals surface area contributed by atoms with Gasteiger partial charge in [-0.2, -0.15) is 0 Å².